The lowest BCUT2D eigenvalue weighted by Crippen LogP contribution is -2.41. The molecule has 3 N–H and O–H groups in total. The van der Waals surface area contributed by atoms with Gasteiger partial charge >= 0.3 is 5.97 Å². The third-order valence-corrected chi connectivity index (χ3v) is 9.30. The summed E-state index contributed by atoms with van der Waals surface area (Å²) in [6.07, 6.45) is 5.05. The maximum Gasteiger partial charge on any atom is 0.326 e. The van der Waals surface area contributed by atoms with Gasteiger partial charge in [0.15, 0.2) is 0 Å². The van der Waals surface area contributed by atoms with Crippen LogP contribution >= 0.6 is 35.0 Å². The molecular formula is C28H26Cl2N4O5S2. The van der Waals surface area contributed by atoms with Crippen LogP contribution in [0.25, 0.3) is 11.1 Å². The molecule has 0 aliphatic rings. The van der Waals surface area contributed by atoms with Crippen molar-refractivity contribution in [3.63, 3.8) is 0 Å². The van der Waals surface area contributed by atoms with Gasteiger partial charge < -0.3 is 15.4 Å². The van der Waals surface area contributed by atoms with Gasteiger partial charge in [-0.1, -0.05) is 53.5 Å². The number of rotatable bonds is 12. The third-order valence-electron chi connectivity index (χ3n) is 6.17. The zero-order chi connectivity index (χ0) is 29.6. The number of halogens is 2. The number of carbonyl (C=O) groups excluding carboxylic acids is 1. The van der Waals surface area contributed by atoms with Crippen molar-refractivity contribution in [3.8, 4) is 11.1 Å². The van der Waals surface area contributed by atoms with Gasteiger partial charge in [0.2, 0.25) is 0 Å². The number of carbonyl (C=O) groups is 2. The summed E-state index contributed by atoms with van der Waals surface area (Å²) in [7, 11) is -4.24. The number of sulfonamides is 1. The van der Waals surface area contributed by atoms with E-state index in [4.69, 9.17) is 23.2 Å². The van der Waals surface area contributed by atoms with Crippen LogP contribution in [0, 0.1) is 0 Å². The maximum atomic E-state index is 14.0. The lowest BCUT2D eigenvalue weighted by molar-refractivity contribution is -0.139. The number of carboxylic acids is 1. The summed E-state index contributed by atoms with van der Waals surface area (Å²) in [4.78, 5) is 31.9. The molecule has 0 aliphatic carbocycles. The molecule has 0 saturated carbocycles. The van der Waals surface area contributed by atoms with Crippen LogP contribution in [-0.4, -0.2) is 53.4 Å². The molecule has 0 saturated heterocycles. The molecule has 41 heavy (non-hydrogen) atoms. The van der Waals surface area contributed by atoms with Gasteiger partial charge in [-0.05, 0) is 66.0 Å². The summed E-state index contributed by atoms with van der Waals surface area (Å²) in [5.74, 6) is -1.18. The summed E-state index contributed by atoms with van der Waals surface area (Å²) in [6.45, 7) is -0.114. The number of nitrogens with zero attached hydrogens (tertiary/aromatic N) is 2. The van der Waals surface area contributed by atoms with Crippen LogP contribution in [0.15, 0.2) is 84.1 Å². The Morgan fingerprint density at radius 2 is 1.85 bits per heavy atom. The summed E-state index contributed by atoms with van der Waals surface area (Å²) in [5.41, 5.74) is 2.01. The molecule has 9 nitrogen and oxygen atoms in total. The molecule has 0 bridgehead atoms. The Labute approximate surface area is 252 Å². The van der Waals surface area contributed by atoms with Crippen molar-refractivity contribution in [2.24, 2.45) is 0 Å². The van der Waals surface area contributed by atoms with E-state index in [1.54, 1.807) is 30.3 Å². The fourth-order valence-corrected chi connectivity index (χ4v) is 6.77. The predicted octanol–water partition coefficient (Wildman–Crippen LogP) is 5.72. The van der Waals surface area contributed by atoms with Gasteiger partial charge in [0.25, 0.3) is 15.9 Å². The molecule has 4 aromatic rings. The van der Waals surface area contributed by atoms with E-state index in [0.717, 1.165) is 4.31 Å². The number of benzene rings is 3. The van der Waals surface area contributed by atoms with Crippen LogP contribution in [-0.2, 0) is 21.4 Å². The van der Waals surface area contributed by atoms with E-state index in [1.807, 2.05) is 12.3 Å². The van der Waals surface area contributed by atoms with Crippen molar-refractivity contribution in [2.75, 3.05) is 16.3 Å². The molecule has 1 amide bonds. The summed E-state index contributed by atoms with van der Waals surface area (Å²) >= 11 is 13.8. The molecule has 1 heterocycles. The number of anilines is 1. The second-order valence-corrected chi connectivity index (χ2v) is 12.6. The van der Waals surface area contributed by atoms with E-state index in [-0.39, 0.29) is 39.2 Å². The van der Waals surface area contributed by atoms with Gasteiger partial charge in [-0.3, -0.25) is 9.10 Å². The molecule has 13 heteroatoms. The number of aromatic amines is 1. The zero-order valence-electron chi connectivity index (χ0n) is 21.8. The summed E-state index contributed by atoms with van der Waals surface area (Å²) in [5, 5.41) is 12.5. The van der Waals surface area contributed by atoms with E-state index in [0.29, 0.717) is 22.6 Å². The highest BCUT2D eigenvalue weighted by Gasteiger charge is 2.30. The molecule has 0 radical (unpaired) electrons. The minimum Gasteiger partial charge on any atom is -0.480 e. The fourth-order valence-electron chi connectivity index (χ4n) is 4.12. The first-order chi connectivity index (χ1) is 19.6. The number of amides is 1. The predicted molar refractivity (Wildman–Crippen MR) is 162 cm³/mol. The average molecular weight is 634 g/mol. The lowest BCUT2D eigenvalue weighted by atomic mass is 9.98. The number of nitrogens with one attached hydrogen (secondary N) is 2. The van der Waals surface area contributed by atoms with Crippen molar-refractivity contribution >= 4 is 62.6 Å². The molecule has 214 valence electrons. The zero-order valence-corrected chi connectivity index (χ0v) is 24.9. The SMILES string of the molecule is CSCC[C@H](NC(=O)c1ccc(N(Cc2cnc[nH]2)S(=O)(=O)c2ccc(Cl)cc2Cl)cc1-c1ccccc1)C(=O)O. The molecule has 1 atom stereocenters. The summed E-state index contributed by atoms with van der Waals surface area (Å²) < 4.78 is 29.1. The van der Waals surface area contributed by atoms with E-state index in [9.17, 15) is 23.1 Å². The number of hydrogen-bond donors (Lipinski definition) is 3. The number of hydrogen-bond acceptors (Lipinski definition) is 6. The van der Waals surface area contributed by atoms with Crippen molar-refractivity contribution < 1.29 is 23.1 Å². The van der Waals surface area contributed by atoms with Crippen molar-refractivity contribution in [3.05, 3.63) is 101 Å². The van der Waals surface area contributed by atoms with Gasteiger partial charge in [-0.15, -0.1) is 0 Å². The number of imidazole rings is 1. The standard InChI is InChI=1S/C28H26Cl2N4O5S2/c1-40-12-11-25(28(36)37)33-27(35)22-9-8-21(14-23(22)18-5-3-2-4-6-18)34(16-20-15-31-17-32-20)41(38,39)26-10-7-19(29)13-24(26)30/h2-10,13-15,17,25H,11-12,16H2,1H3,(H,31,32)(H,33,35)(H,36,37)/t25-/m0/s1. The Bertz CT molecular complexity index is 1630. The maximum absolute atomic E-state index is 14.0. The van der Waals surface area contributed by atoms with Crippen LogP contribution in [0.2, 0.25) is 10.0 Å². The molecule has 0 unspecified atom stereocenters. The smallest absolute Gasteiger partial charge is 0.326 e. The van der Waals surface area contributed by atoms with Crippen molar-refractivity contribution in [1.29, 1.82) is 0 Å². The molecule has 0 aliphatic heterocycles. The number of carboxylic acid groups (broad SMARTS) is 1. The third kappa shape index (κ3) is 7.23. The molecule has 0 spiro atoms. The number of aliphatic carboxylic acids is 1. The van der Waals surface area contributed by atoms with Crippen LogP contribution in [0.5, 0.6) is 0 Å². The Morgan fingerprint density at radius 3 is 2.49 bits per heavy atom. The highest BCUT2D eigenvalue weighted by atomic mass is 35.5. The van der Waals surface area contributed by atoms with Crippen LogP contribution in [0.3, 0.4) is 0 Å². The minimum absolute atomic E-state index is 0.0450. The van der Waals surface area contributed by atoms with Crippen LogP contribution in [0.4, 0.5) is 5.69 Å². The molecule has 3 aromatic carbocycles. The van der Waals surface area contributed by atoms with E-state index >= 15 is 0 Å². The van der Waals surface area contributed by atoms with Crippen LogP contribution < -0.4 is 9.62 Å². The van der Waals surface area contributed by atoms with Gasteiger partial charge in [0.1, 0.15) is 10.9 Å². The number of H-pyrrole nitrogens is 1. The first-order valence-electron chi connectivity index (χ1n) is 12.3. The average Bonchev–Trinajstić information content (AvgIpc) is 3.47. The second kappa shape index (κ2) is 13.4. The van der Waals surface area contributed by atoms with E-state index < -0.39 is 27.9 Å². The van der Waals surface area contributed by atoms with E-state index in [2.05, 4.69) is 15.3 Å². The monoisotopic (exact) mass is 632 g/mol. The highest BCUT2D eigenvalue weighted by Crippen LogP contribution is 2.35. The Morgan fingerprint density at radius 1 is 1.10 bits per heavy atom. The largest absolute Gasteiger partial charge is 0.480 e. The van der Waals surface area contributed by atoms with Gasteiger partial charge in [-0.2, -0.15) is 11.8 Å². The quantitative estimate of drug-likeness (QED) is 0.182. The topological polar surface area (TPSA) is 132 Å². The Hall–Kier alpha value is -3.51. The normalized spacial score (nSPS) is 12.1. The molecule has 0 fully saturated rings. The number of thioether (sulfide) groups is 1. The van der Waals surface area contributed by atoms with Crippen molar-refractivity contribution in [1.82, 2.24) is 15.3 Å². The summed E-state index contributed by atoms with van der Waals surface area (Å²) in [6, 6.07) is 16.6. The minimum atomic E-state index is -4.24. The Balaban J connectivity index is 1.84. The molecule has 4 rings (SSSR count). The second-order valence-electron chi connectivity index (χ2n) is 8.90. The first kappa shape index (κ1) is 30.4. The van der Waals surface area contributed by atoms with E-state index in [1.165, 1.54) is 54.6 Å². The van der Waals surface area contributed by atoms with Gasteiger partial charge in [0.05, 0.1) is 29.3 Å². The van der Waals surface area contributed by atoms with Gasteiger partial charge in [0, 0.05) is 16.8 Å². The highest BCUT2D eigenvalue weighted by molar-refractivity contribution is 7.98. The Kier molecular flexibility index (Phi) is 9.98. The first-order valence-corrected chi connectivity index (χ1v) is 15.9. The molecular weight excluding hydrogens is 607 g/mol. The van der Waals surface area contributed by atoms with Crippen LogP contribution in [0.1, 0.15) is 22.5 Å². The van der Waals surface area contributed by atoms with Gasteiger partial charge in [-0.25, -0.2) is 18.2 Å². The molecule has 1 aromatic heterocycles. The number of aromatic nitrogens is 2. The fraction of sp³-hybridized carbons (Fsp3) is 0.179. The lowest BCUT2D eigenvalue weighted by Gasteiger charge is -2.26. The van der Waals surface area contributed by atoms with Crippen molar-refractivity contribution in [2.45, 2.75) is 23.9 Å².